The number of amides is 2. The third-order valence-electron chi connectivity index (χ3n) is 3.23. The van der Waals surface area contributed by atoms with Gasteiger partial charge in [-0.3, -0.25) is 0 Å². The Labute approximate surface area is 153 Å². The van der Waals surface area contributed by atoms with E-state index < -0.39 is 17.8 Å². The zero-order valence-electron chi connectivity index (χ0n) is 15.3. The average molecular weight is 356 g/mol. The van der Waals surface area contributed by atoms with Crippen LogP contribution in [-0.4, -0.2) is 22.8 Å². The molecule has 0 aliphatic heterocycles. The van der Waals surface area contributed by atoms with E-state index >= 15 is 0 Å². The smallest absolute Gasteiger partial charge is 0.429 e. The molecule has 0 aliphatic rings. The number of rotatable bonds is 4. The molecular formula is C20H24N2O4. The Balaban J connectivity index is 2.03. The van der Waals surface area contributed by atoms with Gasteiger partial charge in [0.2, 0.25) is 0 Å². The summed E-state index contributed by atoms with van der Waals surface area (Å²) in [6.07, 6.45) is -1.38. The molecule has 0 saturated heterocycles. The van der Waals surface area contributed by atoms with E-state index in [9.17, 15) is 9.59 Å². The topological polar surface area (TPSA) is 67.9 Å². The summed E-state index contributed by atoms with van der Waals surface area (Å²) >= 11 is 0. The predicted octanol–water partition coefficient (Wildman–Crippen LogP) is 4.27. The number of hydrogen-bond donors (Lipinski definition) is 1. The molecule has 0 saturated carbocycles. The summed E-state index contributed by atoms with van der Waals surface area (Å²) in [6.45, 7) is 5.53. The highest BCUT2D eigenvalue weighted by Gasteiger charge is 2.22. The van der Waals surface area contributed by atoms with Gasteiger partial charge in [-0.1, -0.05) is 60.7 Å². The predicted molar refractivity (Wildman–Crippen MR) is 98.0 cm³/mol. The second kappa shape index (κ2) is 8.89. The lowest BCUT2D eigenvalue weighted by Crippen LogP contribution is -2.47. The van der Waals surface area contributed by atoms with E-state index in [2.05, 4.69) is 5.43 Å². The third-order valence-corrected chi connectivity index (χ3v) is 3.23. The Bertz CT molecular complexity index is 712. The van der Waals surface area contributed by atoms with E-state index in [0.717, 1.165) is 16.1 Å². The van der Waals surface area contributed by atoms with Gasteiger partial charge in [0.05, 0.1) is 6.54 Å². The number of hydrogen-bond acceptors (Lipinski definition) is 4. The third kappa shape index (κ3) is 6.84. The summed E-state index contributed by atoms with van der Waals surface area (Å²) in [6, 6.07) is 18.6. The maximum absolute atomic E-state index is 12.5. The molecule has 0 aromatic heterocycles. The molecule has 0 radical (unpaired) electrons. The summed E-state index contributed by atoms with van der Waals surface area (Å²) in [7, 11) is 0. The second-order valence-corrected chi connectivity index (χ2v) is 6.73. The second-order valence-electron chi connectivity index (χ2n) is 6.73. The van der Waals surface area contributed by atoms with E-state index in [1.54, 1.807) is 20.8 Å². The molecule has 0 spiro atoms. The molecule has 138 valence electrons. The quantitative estimate of drug-likeness (QED) is 0.831. The molecule has 0 heterocycles. The van der Waals surface area contributed by atoms with Crippen molar-refractivity contribution in [3.8, 4) is 0 Å². The molecule has 0 fully saturated rings. The molecule has 26 heavy (non-hydrogen) atoms. The summed E-state index contributed by atoms with van der Waals surface area (Å²) < 4.78 is 10.5. The van der Waals surface area contributed by atoms with E-state index in [4.69, 9.17) is 9.47 Å². The van der Waals surface area contributed by atoms with Gasteiger partial charge in [0.25, 0.3) is 0 Å². The van der Waals surface area contributed by atoms with Crippen LogP contribution in [0, 0.1) is 0 Å². The zero-order chi connectivity index (χ0) is 19.0. The molecule has 0 atom stereocenters. The molecule has 2 aromatic rings. The van der Waals surface area contributed by atoms with Crippen LogP contribution in [0.5, 0.6) is 0 Å². The normalized spacial score (nSPS) is 10.7. The van der Waals surface area contributed by atoms with Crippen LogP contribution in [0.1, 0.15) is 31.9 Å². The molecule has 6 heteroatoms. The van der Waals surface area contributed by atoms with E-state index in [1.807, 2.05) is 60.7 Å². The van der Waals surface area contributed by atoms with Gasteiger partial charge in [-0.25, -0.2) is 20.0 Å². The number of hydrazine groups is 1. The Morgan fingerprint density at radius 1 is 0.923 bits per heavy atom. The number of carbonyl (C=O) groups excluding carboxylic acids is 2. The van der Waals surface area contributed by atoms with Gasteiger partial charge in [-0.2, -0.15) is 0 Å². The number of ether oxygens (including phenoxy) is 2. The summed E-state index contributed by atoms with van der Waals surface area (Å²) in [4.78, 5) is 24.5. The molecule has 6 nitrogen and oxygen atoms in total. The number of carbonyl (C=O) groups is 2. The summed E-state index contributed by atoms with van der Waals surface area (Å²) in [5.74, 6) is 0. The van der Waals surface area contributed by atoms with Crippen molar-refractivity contribution in [2.24, 2.45) is 0 Å². The van der Waals surface area contributed by atoms with Crippen molar-refractivity contribution in [2.75, 3.05) is 0 Å². The van der Waals surface area contributed by atoms with Gasteiger partial charge in [0, 0.05) is 0 Å². The van der Waals surface area contributed by atoms with Gasteiger partial charge in [-0.15, -0.1) is 0 Å². The first-order chi connectivity index (χ1) is 12.3. The lowest BCUT2D eigenvalue weighted by Gasteiger charge is -2.25. The maximum Gasteiger partial charge on any atom is 0.429 e. The van der Waals surface area contributed by atoms with Crippen molar-refractivity contribution in [3.63, 3.8) is 0 Å². The lowest BCUT2D eigenvalue weighted by atomic mass is 10.2. The first kappa shape index (κ1) is 19.3. The Morgan fingerprint density at radius 3 is 2.00 bits per heavy atom. The Hall–Kier alpha value is -3.02. The van der Waals surface area contributed by atoms with Crippen LogP contribution in [-0.2, 0) is 22.6 Å². The van der Waals surface area contributed by atoms with E-state index in [-0.39, 0.29) is 13.2 Å². The first-order valence-electron chi connectivity index (χ1n) is 8.35. The SMILES string of the molecule is CC(C)(C)OC(=O)NN(Cc1ccccc1)C(=O)OCc1ccccc1. The standard InChI is InChI=1S/C20H24N2O4/c1-20(2,3)26-18(23)21-22(14-16-10-6-4-7-11-16)19(24)25-15-17-12-8-5-9-13-17/h4-13H,14-15H2,1-3H3,(H,21,23). The summed E-state index contributed by atoms with van der Waals surface area (Å²) in [5.41, 5.74) is 3.49. The number of nitrogens with zero attached hydrogens (tertiary/aromatic N) is 1. The van der Waals surface area contributed by atoms with E-state index in [1.165, 1.54) is 0 Å². The van der Waals surface area contributed by atoms with Crippen molar-refractivity contribution >= 4 is 12.2 Å². The first-order valence-corrected chi connectivity index (χ1v) is 8.35. The number of benzene rings is 2. The number of nitrogens with one attached hydrogen (secondary N) is 1. The Morgan fingerprint density at radius 2 is 1.46 bits per heavy atom. The van der Waals surface area contributed by atoms with Gasteiger partial charge in [0.1, 0.15) is 12.2 Å². The average Bonchev–Trinajstić information content (AvgIpc) is 2.59. The van der Waals surface area contributed by atoms with Crippen LogP contribution in [0.4, 0.5) is 9.59 Å². The molecule has 2 aromatic carbocycles. The minimum absolute atomic E-state index is 0.112. The Kier molecular flexibility index (Phi) is 6.60. The highest BCUT2D eigenvalue weighted by Crippen LogP contribution is 2.10. The van der Waals surface area contributed by atoms with E-state index in [0.29, 0.717) is 0 Å². The van der Waals surface area contributed by atoms with Crippen LogP contribution < -0.4 is 5.43 Å². The van der Waals surface area contributed by atoms with Gasteiger partial charge < -0.3 is 9.47 Å². The van der Waals surface area contributed by atoms with Crippen molar-refractivity contribution < 1.29 is 19.1 Å². The van der Waals surface area contributed by atoms with Gasteiger partial charge in [-0.05, 0) is 31.9 Å². The van der Waals surface area contributed by atoms with Crippen molar-refractivity contribution in [2.45, 2.75) is 39.5 Å². The van der Waals surface area contributed by atoms with Crippen LogP contribution >= 0.6 is 0 Å². The van der Waals surface area contributed by atoms with Crippen molar-refractivity contribution in [3.05, 3.63) is 71.8 Å². The van der Waals surface area contributed by atoms with Crippen LogP contribution in [0.15, 0.2) is 60.7 Å². The zero-order valence-corrected chi connectivity index (χ0v) is 15.3. The van der Waals surface area contributed by atoms with Crippen LogP contribution in [0.2, 0.25) is 0 Å². The molecule has 0 unspecified atom stereocenters. The fourth-order valence-corrected chi connectivity index (χ4v) is 2.12. The molecular weight excluding hydrogens is 332 g/mol. The monoisotopic (exact) mass is 356 g/mol. The molecule has 0 bridgehead atoms. The molecule has 1 N–H and O–H groups in total. The highest BCUT2D eigenvalue weighted by molar-refractivity contribution is 5.74. The fraction of sp³-hybridized carbons (Fsp3) is 0.300. The van der Waals surface area contributed by atoms with Gasteiger partial charge >= 0.3 is 12.2 Å². The lowest BCUT2D eigenvalue weighted by molar-refractivity contribution is 0.0253. The summed E-state index contributed by atoms with van der Waals surface area (Å²) in [5, 5.41) is 1.10. The largest absolute Gasteiger partial charge is 0.443 e. The molecule has 2 rings (SSSR count). The van der Waals surface area contributed by atoms with Crippen molar-refractivity contribution in [1.82, 2.24) is 10.4 Å². The fourth-order valence-electron chi connectivity index (χ4n) is 2.12. The van der Waals surface area contributed by atoms with Gasteiger partial charge in [0.15, 0.2) is 0 Å². The molecule has 0 aliphatic carbocycles. The maximum atomic E-state index is 12.5. The van der Waals surface area contributed by atoms with Crippen molar-refractivity contribution in [1.29, 1.82) is 0 Å². The minimum Gasteiger partial charge on any atom is -0.443 e. The molecule has 2 amide bonds. The van der Waals surface area contributed by atoms with Crippen LogP contribution in [0.25, 0.3) is 0 Å². The minimum atomic E-state index is -0.718. The van der Waals surface area contributed by atoms with Crippen LogP contribution in [0.3, 0.4) is 0 Å². The highest BCUT2D eigenvalue weighted by atomic mass is 16.6.